The fourth-order valence-corrected chi connectivity index (χ4v) is 8.35. The molecule has 2 aromatic heterocycles. The molecule has 1 saturated heterocycles. The highest BCUT2D eigenvalue weighted by atomic mass is 35.5. The van der Waals surface area contributed by atoms with Crippen molar-refractivity contribution in [2.75, 3.05) is 19.8 Å². The monoisotopic (exact) mass is 1010 g/mol. The molecule has 68 heavy (non-hydrogen) atoms. The molecule has 2 atom stereocenters. The number of halogens is 7. The number of nitrogens with zero attached hydrogens (tertiary/aromatic N) is 3. The van der Waals surface area contributed by atoms with E-state index in [0.717, 1.165) is 47.5 Å². The lowest BCUT2D eigenvalue weighted by Crippen LogP contribution is -2.49. The molecular formula is C46H51ClF6N6O7S2. The van der Waals surface area contributed by atoms with Gasteiger partial charge in [-0.1, -0.05) is 56.6 Å². The molecule has 1 fully saturated rings. The van der Waals surface area contributed by atoms with Gasteiger partial charge in [-0.3, -0.25) is 14.4 Å². The summed E-state index contributed by atoms with van der Waals surface area (Å²) in [6.07, 6.45) is -6.39. The second-order valence-corrected chi connectivity index (χ2v) is 18.2. The number of rotatable bonds is 20. The third kappa shape index (κ3) is 17.6. The Hall–Kier alpha value is -5.48. The van der Waals surface area contributed by atoms with Gasteiger partial charge in [-0.2, -0.15) is 0 Å². The third-order valence-electron chi connectivity index (χ3n) is 10.1. The number of aromatic nitrogens is 2. The fraction of sp³-hybridized carbons (Fsp3) is 0.413. The smallest absolute Gasteiger partial charge is 0.484 e. The second-order valence-electron chi connectivity index (χ2n) is 15.9. The van der Waals surface area contributed by atoms with Gasteiger partial charge in [0.1, 0.15) is 44.4 Å². The van der Waals surface area contributed by atoms with Crippen LogP contribution in [-0.4, -0.2) is 76.8 Å². The molecule has 2 unspecified atom stereocenters. The van der Waals surface area contributed by atoms with Gasteiger partial charge in [-0.15, -0.1) is 49.0 Å². The van der Waals surface area contributed by atoms with Crippen molar-refractivity contribution < 1.29 is 59.7 Å². The van der Waals surface area contributed by atoms with Crippen LogP contribution in [0, 0.1) is 5.92 Å². The van der Waals surface area contributed by atoms with Crippen LogP contribution in [0.15, 0.2) is 83.6 Å². The van der Waals surface area contributed by atoms with Crippen molar-refractivity contribution in [2.45, 2.75) is 97.5 Å². The van der Waals surface area contributed by atoms with Crippen LogP contribution in [0.5, 0.6) is 17.2 Å². The van der Waals surface area contributed by atoms with E-state index in [1.54, 1.807) is 29.0 Å². The van der Waals surface area contributed by atoms with E-state index >= 15 is 0 Å². The van der Waals surface area contributed by atoms with Crippen LogP contribution in [0.2, 0.25) is 5.02 Å². The van der Waals surface area contributed by atoms with E-state index in [-0.39, 0.29) is 48.3 Å². The number of hydrogen-bond acceptors (Lipinski definition) is 12. The van der Waals surface area contributed by atoms with Gasteiger partial charge in [0.2, 0.25) is 0 Å². The Morgan fingerprint density at radius 2 is 1.44 bits per heavy atom. The number of nitrogens with one attached hydrogen (secondary N) is 3. The Bertz CT molecular complexity index is 2400. The number of amides is 3. The SMILES string of the molecule is CCC1COC(C)(CCC(C)C)N1C(=O)c1csc(CNC(=O)COc2ccc(OC(F)(F)F)cc2)n1.O=C(NCCc1cccc(Cl)c1)c1csc(CNCc2ccc(OC(F)(F)F)cc2)n1. The molecule has 0 spiro atoms. The highest BCUT2D eigenvalue weighted by Crippen LogP contribution is 2.36. The Morgan fingerprint density at radius 1 is 0.838 bits per heavy atom. The van der Waals surface area contributed by atoms with Crippen LogP contribution < -0.4 is 30.2 Å². The largest absolute Gasteiger partial charge is 0.573 e. The Kier molecular flexibility index (Phi) is 19.4. The predicted molar refractivity (Wildman–Crippen MR) is 245 cm³/mol. The first-order valence-electron chi connectivity index (χ1n) is 21.4. The lowest BCUT2D eigenvalue weighted by Gasteiger charge is -2.36. The van der Waals surface area contributed by atoms with Crippen molar-refractivity contribution in [1.29, 1.82) is 0 Å². The number of thiazole rings is 2. The van der Waals surface area contributed by atoms with Crippen molar-refractivity contribution in [3.05, 3.63) is 121 Å². The van der Waals surface area contributed by atoms with Gasteiger partial charge in [0.05, 0.1) is 19.2 Å². The van der Waals surface area contributed by atoms with E-state index in [2.05, 4.69) is 49.2 Å². The summed E-state index contributed by atoms with van der Waals surface area (Å²) in [6.45, 7) is 9.85. The molecule has 0 bridgehead atoms. The molecule has 3 amide bonds. The maximum absolute atomic E-state index is 13.4. The molecule has 1 aliphatic rings. The van der Waals surface area contributed by atoms with Gasteiger partial charge in [-0.25, -0.2) is 9.97 Å². The van der Waals surface area contributed by atoms with Crippen LogP contribution in [0.1, 0.15) is 89.1 Å². The molecule has 1 aliphatic heterocycles. The average molecular weight is 1010 g/mol. The second kappa shape index (κ2) is 24.7. The molecule has 0 saturated carbocycles. The molecule has 6 rings (SSSR count). The van der Waals surface area contributed by atoms with E-state index in [4.69, 9.17) is 21.1 Å². The van der Waals surface area contributed by atoms with Gasteiger partial charge in [0.15, 0.2) is 6.61 Å². The highest BCUT2D eigenvalue weighted by Gasteiger charge is 2.46. The van der Waals surface area contributed by atoms with E-state index in [0.29, 0.717) is 60.0 Å². The first-order valence-corrected chi connectivity index (χ1v) is 23.5. The number of ether oxygens (including phenoxy) is 4. The lowest BCUT2D eigenvalue weighted by molar-refractivity contribution is -0.275. The zero-order chi connectivity index (χ0) is 49.5. The minimum Gasteiger partial charge on any atom is -0.484 e. The molecule has 13 nitrogen and oxygen atoms in total. The maximum Gasteiger partial charge on any atom is 0.573 e. The van der Waals surface area contributed by atoms with Gasteiger partial charge in [-0.05, 0) is 98.2 Å². The number of benzene rings is 3. The van der Waals surface area contributed by atoms with E-state index in [9.17, 15) is 40.7 Å². The van der Waals surface area contributed by atoms with Gasteiger partial charge < -0.3 is 39.8 Å². The lowest BCUT2D eigenvalue weighted by atomic mass is 9.99. The Morgan fingerprint density at radius 3 is 2.06 bits per heavy atom. The van der Waals surface area contributed by atoms with Crippen molar-refractivity contribution >= 4 is 52.0 Å². The molecular weight excluding hydrogens is 962 g/mol. The zero-order valence-electron chi connectivity index (χ0n) is 37.5. The topological polar surface area (TPSA) is 153 Å². The van der Waals surface area contributed by atoms with Crippen molar-refractivity contribution in [3.8, 4) is 17.2 Å². The van der Waals surface area contributed by atoms with E-state index in [1.807, 2.05) is 36.9 Å². The molecule has 0 aliphatic carbocycles. The summed E-state index contributed by atoms with van der Waals surface area (Å²) in [5.41, 5.74) is 1.81. The normalized spacial score (nSPS) is 15.9. The quantitative estimate of drug-likeness (QED) is 0.0643. The molecule has 3 N–H and O–H groups in total. The molecule has 0 radical (unpaired) electrons. The summed E-state index contributed by atoms with van der Waals surface area (Å²) in [5, 5.41) is 14.0. The number of alkyl halides is 6. The van der Waals surface area contributed by atoms with Crippen LogP contribution in [-0.2, 0) is 35.6 Å². The fourth-order valence-electron chi connectivity index (χ4n) is 6.68. The Labute approximate surface area is 402 Å². The predicted octanol–water partition coefficient (Wildman–Crippen LogP) is 10.1. The minimum atomic E-state index is -4.78. The number of carbonyl (C=O) groups is 3. The van der Waals surface area contributed by atoms with Gasteiger partial charge >= 0.3 is 12.7 Å². The van der Waals surface area contributed by atoms with Gasteiger partial charge in [0.25, 0.3) is 17.7 Å². The van der Waals surface area contributed by atoms with Crippen molar-refractivity contribution in [3.63, 3.8) is 0 Å². The number of carbonyl (C=O) groups excluding carboxylic acids is 3. The third-order valence-corrected chi connectivity index (χ3v) is 12.0. The van der Waals surface area contributed by atoms with Crippen molar-refractivity contribution in [1.82, 2.24) is 30.8 Å². The first kappa shape index (κ1) is 53.5. The number of hydrogen-bond donors (Lipinski definition) is 3. The highest BCUT2D eigenvalue weighted by molar-refractivity contribution is 7.10. The van der Waals surface area contributed by atoms with E-state index in [1.165, 1.54) is 46.9 Å². The van der Waals surface area contributed by atoms with Crippen LogP contribution in [0.3, 0.4) is 0 Å². The summed E-state index contributed by atoms with van der Waals surface area (Å²) >= 11 is 8.57. The molecule has 5 aromatic rings. The summed E-state index contributed by atoms with van der Waals surface area (Å²) in [5.74, 6) is -0.828. The first-order chi connectivity index (χ1) is 32.2. The molecule has 22 heteroatoms. The average Bonchev–Trinajstić information content (AvgIpc) is 4.04. The maximum atomic E-state index is 13.4. The summed E-state index contributed by atoms with van der Waals surface area (Å²) < 4.78 is 92.2. The summed E-state index contributed by atoms with van der Waals surface area (Å²) in [6, 6.07) is 17.8. The standard InChI is InChI=1S/C25H32F3N3O5S.C21H19ClF3N3O2S/c1-5-17-13-35-24(4,11-10-16(2)3)31(17)23(33)20-15-37-22(30-20)12-29-21(32)14-34-18-6-8-19(9-7-18)36-25(26,27)28;22-16-3-1-2-14(10-16)8-9-27-20(29)18-13-31-19(28-18)12-26-11-15-4-6-17(7-5-15)30-21(23,24)25/h6-9,15-17H,5,10-14H2,1-4H3,(H,29,32);1-7,10,13,26H,8-9,11-12H2,(H,27,29). The Balaban J connectivity index is 0.000000258. The van der Waals surface area contributed by atoms with Crippen LogP contribution in [0.25, 0.3) is 0 Å². The molecule has 3 aromatic carbocycles. The summed E-state index contributed by atoms with van der Waals surface area (Å²) in [4.78, 5) is 48.3. The minimum absolute atomic E-state index is 0.0271. The van der Waals surface area contributed by atoms with Gasteiger partial charge in [0, 0.05) is 35.4 Å². The molecule has 3 heterocycles. The van der Waals surface area contributed by atoms with Crippen LogP contribution in [0.4, 0.5) is 26.3 Å². The molecule has 368 valence electrons. The van der Waals surface area contributed by atoms with Crippen molar-refractivity contribution in [2.24, 2.45) is 5.92 Å². The van der Waals surface area contributed by atoms with Crippen LogP contribution >= 0.6 is 34.3 Å². The van der Waals surface area contributed by atoms with E-state index < -0.39 is 24.4 Å². The summed E-state index contributed by atoms with van der Waals surface area (Å²) in [7, 11) is 0. The zero-order valence-corrected chi connectivity index (χ0v) is 39.9.